The summed E-state index contributed by atoms with van der Waals surface area (Å²) in [5.74, 6) is 1.60. The van der Waals surface area contributed by atoms with E-state index >= 15 is 0 Å². The van der Waals surface area contributed by atoms with Crippen LogP contribution in [0.4, 0.5) is 0 Å². The molecule has 0 spiro atoms. The van der Waals surface area contributed by atoms with Gasteiger partial charge in [0.05, 0.1) is 12.1 Å². The van der Waals surface area contributed by atoms with E-state index in [1.807, 2.05) is 36.4 Å². The van der Waals surface area contributed by atoms with Crippen molar-refractivity contribution < 1.29 is 4.74 Å². The minimum atomic E-state index is 0.796. The van der Waals surface area contributed by atoms with Crippen LogP contribution in [0.3, 0.4) is 0 Å². The third-order valence-corrected chi connectivity index (χ3v) is 4.87. The van der Waals surface area contributed by atoms with Gasteiger partial charge in [0.1, 0.15) is 11.3 Å². The third-order valence-electron chi connectivity index (χ3n) is 3.54. The molecule has 22 heavy (non-hydrogen) atoms. The summed E-state index contributed by atoms with van der Waals surface area (Å²) in [5, 5.41) is 2.90. The molecule has 0 saturated heterocycles. The van der Waals surface area contributed by atoms with Gasteiger partial charge in [0.2, 0.25) is 0 Å². The fourth-order valence-corrected chi connectivity index (χ4v) is 3.62. The minimum absolute atomic E-state index is 0.796. The molecule has 0 amide bonds. The van der Waals surface area contributed by atoms with Crippen molar-refractivity contribution in [2.24, 2.45) is 0 Å². The summed E-state index contributed by atoms with van der Waals surface area (Å²) in [5.41, 5.74) is 3.23. The van der Waals surface area contributed by atoms with Crippen LogP contribution >= 0.6 is 23.4 Å². The van der Waals surface area contributed by atoms with Crippen molar-refractivity contribution in [2.45, 2.75) is 17.7 Å². The van der Waals surface area contributed by atoms with Crippen LogP contribution in [-0.4, -0.2) is 12.1 Å². The number of fused-ring (bicyclic) bond motifs is 1. The Balaban J connectivity index is 1.93. The first-order valence-electron chi connectivity index (χ1n) is 6.99. The van der Waals surface area contributed by atoms with Crippen LogP contribution < -0.4 is 4.74 Å². The van der Waals surface area contributed by atoms with Gasteiger partial charge in [-0.1, -0.05) is 41.9 Å². The van der Waals surface area contributed by atoms with E-state index in [4.69, 9.17) is 21.3 Å². The summed E-state index contributed by atoms with van der Waals surface area (Å²) in [6.07, 6.45) is 0. The number of hydrogen-bond donors (Lipinski definition) is 0. The molecule has 0 bridgehead atoms. The monoisotopic (exact) mass is 329 g/mol. The highest BCUT2D eigenvalue weighted by Crippen LogP contribution is 2.31. The fourth-order valence-electron chi connectivity index (χ4n) is 2.37. The zero-order valence-corrected chi connectivity index (χ0v) is 14.0. The van der Waals surface area contributed by atoms with E-state index < -0.39 is 0 Å². The second-order valence-electron chi connectivity index (χ2n) is 5.01. The molecule has 0 aliphatic carbocycles. The Morgan fingerprint density at radius 3 is 2.73 bits per heavy atom. The third kappa shape index (κ3) is 3.06. The van der Waals surface area contributed by atoms with E-state index in [2.05, 4.69) is 19.1 Å². The summed E-state index contributed by atoms with van der Waals surface area (Å²) in [7, 11) is 1.68. The van der Waals surface area contributed by atoms with Gasteiger partial charge in [-0.3, -0.25) is 0 Å². The van der Waals surface area contributed by atoms with Crippen LogP contribution in [0.2, 0.25) is 5.02 Å². The zero-order valence-electron chi connectivity index (χ0n) is 12.5. The number of para-hydroxylation sites is 1. The van der Waals surface area contributed by atoms with Crippen LogP contribution in [0.5, 0.6) is 5.75 Å². The quantitative estimate of drug-likeness (QED) is 0.590. The van der Waals surface area contributed by atoms with Gasteiger partial charge >= 0.3 is 0 Å². The van der Waals surface area contributed by atoms with Gasteiger partial charge in [0.15, 0.2) is 0 Å². The van der Waals surface area contributed by atoms with Gasteiger partial charge in [-0.15, -0.1) is 11.8 Å². The average Bonchev–Trinajstić information content (AvgIpc) is 2.53. The summed E-state index contributed by atoms with van der Waals surface area (Å²) >= 11 is 7.90. The summed E-state index contributed by atoms with van der Waals surface area (Å²) in [6, 6.07) is 16.0. The number of hydrogen-bond acceptors (Lipinski definition) is 3. The molecule has 4 heteroatoms. The van der Waals surface area contributed by atoms with Crippen LogP contribution in [0.15, 0.2) is 53.6 Å². The fraction of sp³-hybridized carbons (Fsp3) is 0.167. The molecule has 1 aromatic heterocycles. The number of aromatic nitrogens is 1. The van der Waals surface area contributed by atoms with E-state index in [0.29, 0.717) is 0 Å². The molecule has 1 heterocycles. The average molecular weight is 330 g/mol. The Kier molecular flexibility index (Phi) is 4.55. The Labute approximate surface area is 139 Å². The molecule has 0 unspecified atom stereocenters. The van der Waals surface area contributed by atoms with E-state index in [9.17, 15) is 0 Å². The van der Waals surface area contributed by atoms with Crippen LogP contribution in [0.25, 0.3) is 10.9 Å². The Bertz CT molecular complexity index is 819. The van der Waals surface area contributed by atoms with E-state index in [0.717, 1.165) is 38.0 Å². The number of aryl methyl sites for hydroxylation is 1. The minimum Gasteiger partial charge on any atom is -0.494 e. The van der Waals surface area contributed by atoms with Crippen molar-refractivity contribution in [3.63, 3.8) is 0 Å². The predicted octanol–water partition coefficient (Wildman–Crippen LogP) is 5.50. The predicted molar refractivity (Wildman–Crippen MR) is 94.0 cm³/mol. The molecule has 112 valence electrons. The molecule has 0 aliphatic heterocycles. The standard InChI is InChI=1S/C18H16ClNOS/c1-12-10-17(22-11-13-6-3-4-8-15(13)19)20-18-14(12)7-5-9-16(18)21-2/h3-10H,11H2,1-2H3. The van der Waals surface area contributed by atoms with Crippen LogP contribution in [0.1, 0.15) is 11.1 Å². The lowest BCUT2D eigenvalue weighted by Gasteiger charge is -2.10. The first kappa shape index (κ1) is 15.2. The summed E-state index contributed by atoms with van der Waals surface area (Å²) in [4.78, 5) is 4.75. The van der Waals surface area contributed by atoms with Gasteiger partial charge < -0.3 is 4.74 Å². The number of methoxy groups -OCH3 is 1. The van der Waals surface area contributed by atoms with E-state index in [-0.39, 0.29) is 0 Å². The number of halogens is 1. The number of pyridine rings is 1. The summed E-state index contributed by atoms with van der Waals surface area (Å²) in [6.45, 7) is 2.10. The van der Waals surface area contributed by atoms with Crippen molar-refractivity contribution in [3.8, 4) is 5.75 Å². The lowest BCUT2D eigenvalue weighted by atomic mass is 10.1. The van der Waals surface area contributed by atoms with Crippen molar-refractivity contribution in [3.05, 3.63) is 64.7 Å². The zero-order chi connectivity index (χ0) is 15.5. The highest BCUT2D eigenvalue weighted by molar-refractivity contribution is 7.98. The normalized spacial score (nSPS) is 10.9. The van der Waals surface area contributed by atoms with Gasteiger partial charge in [-0.05, 0) is 36.2 Å². The second kappa shape index (κ2) is 6.59. The molecule has 0 aliphatic rings. The maximum atomic E-state index is 6.21. The largest absolute Gasteiger partial charge is 0.494 e. The lowest BCUT2D eigenvalue weighted by Crippen LogP contribution is -1.92. The van der Waals surface area contributed by atoms with E-state index in [1.165, 1.54) is 5.56 Å². The molecule has 0 atom stereocenters. The summed E-state index contributed by atoms with van der Waals surface area (Å²) < 4.78 is 5.43. The van der Waals surface area contributed by atoms with Gasteiger partial charge in [0, 0.05) is 16.2 Å². The molecule has 0 saturated carbocycles. The van der Waals surface area contributed by atoms with Gasteiger partial charge in [0.25, 0.3) is 0 Å². The van der Waals surface area contributed by atoms with Crippen molar-refractivity contribution in [2.75, 3.05) is 7.11 Å². The Morgan fingerprint density at radius 1 is 1.14 bits per heavy atom. The molecular formula is C18H16ClNOS. The van der Waals surface area contributed by atoms with E-state index in [1.54, 1.807) is 18.9 Å². The lowest BCUT2D eigenvalue weighted by molar-refractivity contribution is 0.418. The number of rotatable bonds is 4. The molecule has 2 aromatic carbocycles. The molecule has 0 radical (unpaired) electrons. The van der Waals surface area contributed by atoms with Crippen LogP contribution in [0, 0.1) is 6.92 Å². The highest BCUT2D eigenvalue weighted by atomic mass is 35.5. The number of thioether (sulfide) groups is 1. The molecule has 3 aromatic rings. The number of ether oxygens (including phenoxy) is 1. The van der Waals surface area contributed by atoms with Crippen molar-refractivity contribution in [1.82, 2.24) is 4.98 Å². The molecule has 0 N–H and O–H groups in total. The maximum absolute atomic E-state index is 6.21. The van der Waals surface area contributed by atoms with Gasteiger partial charge in [-0.2, -0.15) is 0 Å². The topological polar surface area (TPSA) is 22.1 Å². The van der Waals surface area contributed by atoms with Crippen LogP contribution in [-0.2, 0) is 5.75 Å². The SMILES string of the molecule is COc1cccc2c(C)cc(SCc3ccccc3Cl)nc12. The first-order valence-corrected chi connectivity index (χ1v) is 8.36. The highest BCUT2D eigenvalue weighted by Gasteiger charge is 2.08. The maximum Gasteiger partial charge on any atom is 0.145 e. The van der Waals surface area contributed by atoms with Crippen molar-refractivity contribution in [1.29, 1.82) is 0 Å². The van der Waals surface area contributed by atoms with Gasteiger partial charge in [-0.25, -0.2) is 4.98 Å². The number of benzene rings is 2. The molecule has 0 fully saturated rings. The number of nitrogens with zero attached hydrogens (tertiary/aromatic N) is 1. The molecule has 2 nitrogen and oxygen atoms in total. The molecular weight excluding hydrogens is 314 g/mol. The second-order valence-corrected chi connectivity index (χ2v) is 6.42. The Hall–Kier alpha value is -1.71. The smallest absolute Gasteiger partial charge is 0.145 e. The van der Waals surface area contributed by atoms with Crippen molar-refractivity contribution >= 4 is 34.3 Å². The first-order chi connectivity index (χ1) is 10.7. The molecule has 3 rings (SSSR count). The Morgan fingerprint density at radius 2 is 1.95 bits per heavy atom.